The predicted molar refractivity (Wildman–Crippen MR) is 92.5 cm³/mol. The van der Waals surface area contributed by atoms with Crippen LogP contribution in [0.4, 0.5) is 0 Å². The van der Waals surface area contributed by atoms with Gasteiger partial charge < -0.3 is 14.2 Å². The standard InChI is InChI=1S/C20H22O3/c1-5-6-14-7-9-17-16(11-14)13(2)20(23-17)15-8-10-18(21-3)19(12-15)22-4/h5-13,20H,1-4H3/b6-5+/t13-,20-/m0/s1. The summed E-state index contributed by atoms with van der Waals surface area (Å²) in [6, 6.07) is 12.3. The summed E-state index contributed by atoms with van der Waals surface area (Å²) in [6.45, 7) is 4.23. The van der Waals surface area contributed by atoms with Crippen LogP contribution in [0.1, 0.15) is 42.6 Å². The number of benzene rings is 2. The second-order valence-electron chi connectivity index (χ2n) is 5.74. The molecule has 0 fully saturated rings. The fourth-order valence-electron chi connectivity index (χ4n) is 3.11. The number of fused-ring (bicyclic) bond motifs is 1. The molecule has 0 radical (unpaired) electrons. The average Bonchev–Trinajstić information content (AvgIpc) is 2.91. The maximum Gasteiger partial charge on any atom is 0.161 e. The minimum absolute atomic E-state index is 0.00865. The summed E-state index contributed by atoms with van der Waals surface area (Å²) in [5.41, 5.74) is 3.55. The van der Waals surface area contributed by atoms with Gasteiger partial charge in [0.15, 0.2) is 11.5 Å². The van der Waals surface area contributed by atoms with Crippen molar-refractivity contribution in [2.75, 3.05) is 14.2 Å². The fourth-order valence-corrected chi connectivity index (χ4v) is 3.11. The van der Waals surface area contributed by atoms with Crippen molar-refractivity contribution < 1.29 is 14.2 Å². The number of allylic oxidation sites excluding steroid dienone is 1. The van der Waals surface area contributed by atoms with Crippen molar-refractivity contribution in [2.24, 2.45) is 0 Å². The number of methoxy groups -OCH3 is 2. The zero-order valence-corrected chi connectivity index (χ0v) is 14.0. The van der Waals surface area contributed by atoms with Crippen LogP contribution in [0.3, 0.4) is 0 Å². The molecule has 0 bridgehead atoms. The third-order valence-electron chi connectivity index (χ3n) is 4.33. The molecule has 3 rings (SSSR count). The van der Waals surface area contributed by atoms with E-state index >= 15 is 0 Å². The highest BCUT2D eigenvalue weighted by atomic mass is 16.5. The molecule has 0 aliphatic carbocycles. The molecule has 0 saturated carbocycles. The van der Waals surface area contributed by atoms with Gasteiger partial charge in [0.1, 0.15) is 11.9 Å². The SMILES string of the molecule is C/C=C/c1ccc2c(c1)[C@H](C)[C@@H](c1ccc(OC)c(OC)c1)O2. The van der Waals surface area contributed by atoms with Crippen molar-refractivity contribution >= 4 is 6.08 Å². The van der Waals surface area contributed by atoms with E-state index in [1.54, 1.807) is 14.2 Å². The lowest BCUT2D eigenvalue weighted by molar-refractivity contribution is 0.215. The maximum atomic E-state index is 6.19. The van der Waals surface area contributed by atoms with Crippen molar-refractivity contribution in [3.05, 3.63) is 59.2 Å². The highest BCUT2D eigenvalue weighted by Gasteiger charge is 2.32. The third kappa shape index (κ3) is 2.79. The van der Waals surface area contributed by atoms with Gasteiger partial charge in [-0.25, -0.2) is 0 Å². The van der Waals surface area contributed by atoms with Crippen LogP contribution >= 0.6 is 0 Å². The molecule has 3 heteroatoms. The zero-order chi connectivity index (χ0) is 16.4. The van der Waals surface area contributed by atoms with E-state index < -0.39 is 0 Å². The van der Waals surface area contributed by atoms with E-state index in [1.165, 1.54) is 11.1 Å². The van der Waals surface area contributed by atoms with Crippen molar-refractivity contribution in [1.29, 1.82) is 0 Å². The Bertz CT molecular complexity index is 734. The number of hydrogen-bond donors (Lipinski definition) is 0. The molecule has 0 amide bonds. The predicted octanol–water partition coefficient (Wildman–Crippen LogP) is 4.97. The second kappa shape index (κ2) is 6.37. The van der Waals surface area contributed by atoms with Crippen LogP contribution in [0.5, 0.6) is 17.2 Å². The molecule has 0 spiro atoms. The van der Waals surface area contributed by atoms with Gasteiger partial charge in [-0.15, -0.1) is 0 Å². The van der Waals surface area contributed by atoms with Gasteiger partial charge in [-0.1, -0.05) is 31.2 Å². The Morgan fingerprint density at radius 3 is 2.48 bits per heavy atom. The molecule has 1 aliphatic heterocycles. The van der Waals surface area contributed by atoms with Gasteiger partial charge in [-0.05, 0) is 42.3 Å². The van der Waals surface area contributed by atoms with Gasteiger partial charge in [-0.2, -0.15) is 0 Å². The summed E-state index contributed by atoms with van der Waals surface area (Å²) in [5, 5.41) is 0. The van der Waals surface area contributed by atoms with Crippen LogP contribution in [0.15, 0.2) is 42.5 Å². The molecule has 1 heterocycles. The summed E-state index contributed by atoms with van der Waals surface area (Å²) in [7, 11) is 3.30. The van der Waals surface area contributed by atoms with E-state index in [1.807, 2.05) is 31.2 Å². The van der Waals surface area contributed by atoms with Crippen molar-refractivity contribution in [1.82, 2.24) is 0 Å². The molecule has 0 N–H and O–H groups in total. The summed E-state index contributed by atoms with van der Waals surface area (Å²) in [4.78, 5) is 0. The molecular weight excluding hydrogens is 288 g/mol. The molecule has 0 aromatic heterocycles. The molecule has 3 nitrogen and oxygen atoms in total. The van der Waals surface area contributed by atoms with E-state index in [9.17, 15) is 0 Å². The summed E-state index contributed by atoms with van der Waals surface area (Å²) in [5.74, 6) is 2.71. The van der Waals surface area contributed by atoms with Crippen LogP contribution in [0.25, 0.3) is 6.08 Å². The molecule has 2 aromatic carbocycles. The number of rotatable bonds is 4. The molecule has 1 aliphatic rings. The molecule has 0 saturated heterocycles. The molecule has 2 atom stereocenters. The first-order valence-electron chi connectivity index (χ1n) is 7.83. The molecule has 2 aromatic rings. The first-order valence-corrected chi connectivity index (χ1v) is 7.83. The lowest BCUT2D eigenvalue weighted by Crippen LogP contribution is -2.07. The first kappa shape index (κ1) is 15.5. The normalized spacial score (nSPS) is 19.5. The minimum Gasteiger partial charge on any atom is -0.493 e. The number of hydrogen-bond acceptors (Lipinski definition) is 3. The summed E-state index contributed by atoms with van der Waals surface area (Å²) in [6.07, 6.45) is 4.15. The fraction of sp³-hybridized carbons (Fsp3) is 0.300. The summed E-state index contributed by atoms with van der Waals surface area (Å²) < 4.78 is 16.9. The Labute approximate surface area is 137 Å². The van der Waals surface area contributed by atoms with Gasteiger partial charge in [-0.3, -0.25) is 0 Å². The van der Waals surface area contributed by atoms with Crippen LogP contribution in [0.2, 0.25) is 0 Å². The van der Waals surface area contributed by atoms with Gasteiger partial charge in [0, 0.05) is 11.5 Å². The zero-order valence-electron chi connectivity index (χ0n) is 14.0. The largest absolute Gasteiger partial charge is 0.493 e. The van der Waals surface area contributed by atoms with Crippen LogP contribution in [-0.4, -0.2) is 14.2 Å². The second-order valence-corrected chi connectivity index (χ2v) is 5.74. The van der Waals surface area contributed by atoms with Crippen LogP contribution < -0.4 is 14.2 Å². The van der Waals surface area contributed by atoms with Crippen molar-refractivity contribution in [2.45, 2.75) is 25.9 Å². The summed E-state index contributed by atoms with van der Waals surface area (Å²) >= 11 is 0. The van der Waals surface area contributed by atoms with Gasteiger partial charge in [0.05, 0.1) is 14.2 Å². The van der Waals surface area contributed by atoms with Gasteiger partial charge in [0.25, 0.3) is 0 Å². The Balaban J connectivity index is 1.94. The van der Waals surface area contributed by atoms with Gasteiger partial charge in [0.2, 0.25) is 0 Å². The molecular formula is C20H22O3. The third-order valence-corrected chi connectivity index (χ3v) is 4.33. The maximum absolute atomic E-state index is 6.19. The Hall–Kier alpha value is -2.42. The van der Waals surface area contributed by atoms with Gasteiger partial charge >= 0.3 is 0 Å². The minimum atomic E-state index is -0.00865. The smallest absolute Gasteiger partial charge is 0.161 e. The van der Waals surface area contributed by atoms with Crippen LogP contribution in [-0.2, 0) is 0 Å². The molecule has 120 valence electrons. The first-order chi connectivity index (χ1) is 11.2. The average molecular weight is 310 g/mol. The van der Waals surface area contributed by atoms with E-state index in [4.69, 9.17) is 14.2 Å². The molecule has 23 heavy (non-hydrogen) atoms. The Morgan fingerprint density at radius 2 is 1.78 bits per heavy atom. The van der Waals surface area contributed by atoms with E-state index in [0.717, 1.165) is 22.8 Å². The topological polar surface area (TPSA) is 27.7 Å². The Kier molecular flexibility index (Phi) is 4.28. The quantitative estimate of drug-likeness (QED) is 0.797. The van der Waals surface area contributed by atoms with Crippen molar-refractivity contribution in [3.63, 3.8) is 0 Å². The highest BCUT2D eigenvalue weighted by molar-refractivity contribution is 5.56. The van der Waals surface area contributed by atoms with Crippen molar-refractivity contribution in [3.8, 4) is 17.2 Å². The Morgan fingerprint density at radius 1 is 1.00 bits per heavy atom. The van der Waals surface area contributed by atoms with E-state index in [-0.39, 0.29) is 12.0 Å². The van der Waals surface area contributed by atoms with E-state index in [0.29, 0.717) is 0 Å². The van der Waals surface area contributed by atoms with Crippen LogP contribution in [0, 0.1) is 0 Å². The lowest BCUT2D eigenvalue weighted by Gasteiger charge is -2.17. The highest BCUT2D eigenvalue weighted by Crippen LogP contribution is 2.47. The van der Waals surface area contributed by atoms with E-state index in [2.05, 4.69) is 31.2 Å². The monoisotopic (exact) mass is 310 g/mol. The lowest BCUT2D eigenvalue weighted by atomic mass is 9.92. The number of ether oxygens (including phenoxy) is 3. The molecule has 0 unspecified atom stereocenters.